The Balaban J connectivity index is 1.74. The maximum absolute atomic E-state index is 14.0. The molecule has 0 saturated carbocycles. The van der Waals surface area contributed by atoms with E-state index in [0.717, 1.165) is 6.07 Å². The Labute approximate surface area is 186 Å². The molecule has 166 valence electrons. The number of hydrogen-bond acceptors (Lipinski definition) is 5. The molecule has 2 aromatic rings. The van der Waals surface area contributed by atoms with Crippen LogP contribution in [0.3, 0.4) is 0 Å². The van der Waals surface area contributed by atoms with Crippen LogP contribution in [0.2, 0.25) is 10.0 Å². The molecule has 1 aliphatic heterocycles. The molecular formula is C20H19Cl2F2N3O4. The highest BCUT2D eigenvalue weighted by Crippen LogP contribution is 2.39. The second-order valence-electron chi connectivity index (χ2n) is 7.06. The van der Waals surface area contributed by atoms with Crippen molar-refractivity contribution in [2.24, 2.45) is 5.92 Å². The highest BCUT2D eigenvalue weighted by Gasteiger charge is 2.30. The molecule has 2 aromatic carbocycles. The van der Waals surface area contributed by atoms with Crippen LogP contribution >= 0.6 is 23.2 Å². The van der Waals surface area contributed by atoms with Gasteiger partial charge < -0.3 is 4.90 Å². The Hall–Kier alpha value is -2.46. The topological polar surface area (TPSA) is 90.9 Å². The number of piperidine rings is 1. The third-order valence-corrected chi connectivity index (χ3v) is 5.41. The fraction of sp³-hybridized carbons (Fsp3) is 0.300. The van der Waals surface area contributed by atoms with Crippen molar-refractivity contribution in [3.05, 3.63) is 57.6 Å². The van der Waals surface area contributed by atoms with Crippen molar-refractivity contribution in [3.8, 4) is 0 Å². The predicted octanol–water partition coefficient (Wildman–Crippen LogP) is 4.11. The first-order valence-corrected chi connectivity index (χ1v) is 10.1. The summed E-state index contributed by atoms with van der Waals surface area (Å²) in [6.45, 7) is -0.186. The molecule has 7 nitrogen and oxygen atoms in total. The number of amides is 2. The highest BCUT2D eigenvalue weighted by molar-refractivity contribution is 6.40. The lowest BCUT2D eigenvalue weighted by Crippen LogP contribution is -2.41. The SMILES string of the molecule is O=C(CONc1cc(Cl)c(N2CC(Cc3ccc(F)cc3F)CCC2=O)c(Cl)c1)NO. The van der Waals surface area contributed by atoms with Gasteiger partial charge >= 0.3 is 0 Å². The first kappa shape index (κ1) is 23.2. The van der Waals surface area contributed by atoms with E-state index in [1.54, 1.807) is 0 Å². The molecule has 31 heavy (non-hydrogen) atoms. The highest BCUT2D eigenvalue weighted by atomic mass is 35.5. The zero-order valence-electron chi connectivity index (χ0n) is 16.1. The Morgan fingerprint density at radius 1 is 1.23 bits per heavy atom. The summed E-state index contributed by atoms with van der Waals surface area (Å²) in [7, 11) is 0. The molecule has 0 aliphatic carbocycles. The van der Waals surface area contributed by atoms with E-state index in [4.69, 9.17) is 33.2 Å². The third kappa shape index (κ3) is 5.82. The van der Waals surface area contributed by atoms with Crippen molar-refractivity contribution in [1.29, 1.82) is 0 Å². The molecule has 1 fully saturated rings. The van der Waals surface area contributed by atoms with E-state index in [2.05, 4.69) is 5.48 Å². The van der Waals surface area contributed by atoms with Gasteiger partial charge in [-0.15, -0.1) is 0 Å². The monoisotopic (exact) mass is 473 g/mol. The van der Waals surface area contributed by atoms with Crippen LogP contribution in [0.5, 0.6) is 0 Å². The maximum Gasteiger partial charge on any atom is 0.272 e. The van der Waals surface area contributed by atoms with Crippen molar-refractivity contribution < 1.29 is 28.4 Å². The van der Waals surface area contributed by atoms with Gasteiger partial charge in [-0.2, -0.15) is 0 Å². The van der Waals surface area contributed by atoms with Crippen LogP contribution in [0.25, 0.3) is 0 Å². The molecule has 2 amide bonds. The summed E-state index contributed by atoms with van der Waals surface area (Å²) in [4.78, 5) is 29.9. The van der Waals surface area contributed by atoms with Crippen LogP contribution < -0.4 is 15.9 Å². The van der Waals surface area contributed by atoms with Crippen molar-refractivity contribution >= 4 is 46.4 Å². The van der Waals surface area contributed by atoms with E-state index in [9.17, 15) is 18.4 Å². The first-order chi connectivity index (χ1) is 14.8. The van der Waals surface area contributed by atoms with Crippen molar-refractivity contribution in [3.63, 3.8) is 0 Å². The van der Waals surface area contributed by atoms with Gasteiger partial charge in [0.05, 0.1) is 21.4 Å². The average molecular weight is 474 g/mol. The smallest absolute Gasteiger partial charge is 0.272 e. The van der Waals surface area contributed by atoms with Crippen LogP contribution in [-0.4, -0.2) is 30.2 Å². The fourth-order valence-corrected chi connectivity index (χ4v) is 4.09. The summed E-state index contributed by atoms with van der Waals surface area (Å²) in [6.07, 6.45) is 1.13. The molecule has 11 heteroatoms. The molecule has 1 aliphatic rings. The standard InChI is InChI=1S/C20H19Cl2F2N3O4/c21-15-7-14(26-31-10-18(28)25-30)8-16(22)20(15)27-9-11(1-4-19(27)29)5-12-2-3-13(23)6-17(12)24/h2-3,6-8,11,26,30H,1,4-5,9-10H2,(H,25,28). The van der Waals surface area contributed by atoms with Crippen LogP contribution in [0.15, 0.2) is 30.3 Å². The number of benzene rings is 2. The van der Waals surface area contributed by atoms with Crippen molar-refractivity contribution in [1.82, 2.24) is 5.48 Å². The Bertz CT molecular complexity index is 970. The lowest BCUT2D eigenvalue weighted by atomic mass is 9.90. The van der Waals surface area contributed by atoms with Gasteiger partial charge in [-0.3, -0.25) is 25.1 Å². The number of hydroxylamine groups is 1. The lowest BCUT2D eigenvalue weighted by Gasteiger charge is -2.34. The van der Waals surface area contributed by atoms with E-state index in [1.807, 2.05) is 0 Å². The summed E-state index contributed by atoms with van der Waals surface area (Å²) in [5.74, 6) is -2.26. The van der Waals surface area contributed by atoms with Gasteiger partial charge in [-0.1, -0.05) is 29.3 Å². The van der Waals surface area contributed by atoms with Gasteiger partial charge in [0.25, 0.3) is 5.91 Å². The van der Waals surface area contributed by atoms with Gasteiger partial charge in [-0.05, 0) is 42.5 Å². The molecule has 0 spiro atoms. The summed E-state index contributed by atoms with van der Waals surface area (Å²) >= 11 is 12.7. The van der Waals surface area contributed by atoms with E-state index >= 15 is 0 Å². The second-order valence-corrected chi connectivity index (χ2v) is 7.88. The molecule has 1 unspecified atom stereocenters. The Morgan fingerprint density at radius 2 is 1.94 bits per heavy atom. The van der Waals surface area contributed by atoms with Gasteiger partial charge in [0.1, 0.15) is 11.6 Å². The Kier molecular flexibility index (Phi) is 7.66. The van der Waals surface area contributed by atoms with Crippen LogP contribution in [0.1, 0.15) is 18.4 Å². The quantitative estimate of drug-likeness (QED) is 0.415. The number of anilines is 2. The van der Waals surface area contributed by atoms with Gasteiger partial charge in [0, 0.05) is 19.0 Å². The molecule has 0 radical (unpaired) electrons. The van der Waals surface area contributed by atoms with Crippen LogP contribution in [0.4, 0.5) is 20.2 Å². The lowest BCUT2D eigenvalue weighted by molar-refractivity contribution is -0.133. The van der Waals surface area contributed by atoms with Gasteiger partial charge in [0.2, 0.25) is 5.91 Å². The summed E-state index contributed by atoms with van der Waals surface area (Å²) in [6, 6.07) is 6.39. The van der Waals surface area contributed by atoms with Crippen molar-refractivity contribution in [2.45, 2.75) is 19.3 Å². The molecule has 1 saturated heterocycles. The molecule has 3 N–H and O–H groups in total. The predicted molar refractivity (Wildman–Crippen MR) is 111 cm³/mol. The zero-order valence-corrected chi connectivity index (χ0v) is 17.6. The van der Waals surface area contributed by atoms with Crippen LogP contribution in [0, 0.1) is 17.6 Å². The van der Waals surface area contributed by atoms with E-state index in [-0.39, 0.29) is 34.8 Å². The third-order valence-electron chi connectivity index (χ3n) is 4.84. The second kappa shape index (κ2) is 10.2. The zero-order chi connectivity index (χ0) is 22.5. The number of nitrogens with zero attached hydrogens (tertiary/aromatic N) is 1. The molecule has 0 bridgehead atoms. The van der Waals surface area contributed by atoms with Crippen molar-refractivity contribution in [2.75, 3.05) is 23.5 Å². The largest absolute Gasteiger partial charge is 0.309 e. The minimum Gasteiger partial charge on any atom is -0.309 e. The van der Waals surface area contributed by atoms with E-state index < -0.39 is 24.1 Å². The summed E-state index contributed by atoms with van der Waals surface area (Å²) in [5.41, 5.74) is 4.91. The van der Waals surface area contributed by atoms with Gasteiger partial charge in [0.15, 0.2) is 6.61 Å². The molecular weight excluding hydrogens is 455 g/mol. The number of hydrogen-bond donors (Lipinski definition) is 3. The maximum atomic E-state index is 14.0. The van der Waals surface area contributed by atoms with E-state index in [1.165, 1.54) is 34.6 Å². The molecule has 1 atom stereocenters. The minimum absolute atomic E-state index is 0.0667. The molecule has 0 aromatic heterocycles. The number of halogens is 4. The summed E-state index contributed by atoms with van der Waals surface area (Å²) in [5, 5.41) is 8.79. The molecule has 1 heterocycles. The average Bonchev–Trinajstić information content (AvgIpc) is 2.71. The normalized spacial score (nSPS) is 16.4. The Morgan fingerprint density at radius 3 is 2.58 bits per heavy atom. The first-order valence-electron chi connectivity index (χ1n) is 9.32. The number of carbonyl (C=O) groups excluding carboxylic acids is 2. The number of nitrogens with one attached hydrogen (secondary N) is 2. The number of carbonyl (C=O) groups is 2. The molecule has 3 rings (SSSR count). The van der Waals surface area contributed by atoms with Crippen LogP contribution in [-0.2, 0) is 20.8 Å². The number of rotatable bonds is 7. The van der Waals surface area contributed by atoms with E-state index in [0.29, 0.717) is 29.8 Å². The summed E-state index contributed by atoms with van der Waals surface area (Å²) < 4.78 is 27.2. The fourth-order valence-electron chi connectivity index (χ4n) is 3.39. The van der Waals surface area contributed by atoms with Gasteiger partial charge in [-0.25, -0.2) is 14.3 Å². The minimum atomic E-state index is -0.760.